The first-order valence-corrected chi connectivity index (χ1v) is 5.64. The van der Waals surface area contributed by atoms with Crippen molar-refractivity contribution in [3.8, 4) is 0 Å². The molecule has 2 aliphatic rings. The quantitative estimate of drug-likeness (QED) is 0.697. The van der Waals surface area contributed by atoms with Crippen molar-refractivity contribution in [1.29, 1.82) is 0 Å². The molecule has 0 heterocycles. The van der Waals surface area contributed by atoms with E-state index in [0.29, 0.717) is 5.92 Å². The topological polar surface area (TPSA) is 32.3 Å². The molecule has 2 atom stereocenters. The molecule has 2 heteroatoms. The third-order valence-corrected chi connectivity index (χ3v) is 3.36. The van der Waals surface area contributed by atoms with Crippen LogP contribution in [0.3, 0.4) is 0 Å². The third kappa shape index (κ3) is 2.68. The van der Waals surface area contributed by atoms with E-state index in [1.807, 2.05) is 0 Å². The Morgan fingerprint density at radius 1 is 1.38 bits per heavy atom. The van der Waals surface area contributed by atoms with Gasteiger partial charge in [-0.05, 0) is 31.6 Å². The molecule has 0 aliphatic heterocycles. The molecule has 2 nitrogen and oxygen atoms in total. The fourth-order valence-corrected chi connectivity index (χ4v) is 2.41. The van der Waals surface area contributed by atoms with Crippen LogP contribution in [0.5, 0.6) is 0 Å². The zero-order valence-electron chi connectivity index (χ0n) is 8.55. The van der Waals surface area contributed by atoms with Crippen LogP contribution in [0.2, 0.25) is 0 Å². The fraction of sp³-hybridized carbons (Fsp3) is 1.00. The Bertz CT molecular complexity index is 179. The smallest absolute Gasteiger partial charge is 0.0774 e. The highest BCUT2D eigenvalue weighted by atomic mass is 16.3. The van der Waals surface area contributed by atoms with Gasteiger partial charge in [0.15, 0.2) is 0 Å². The maximum atomic E-state index is 10.3. The number of hydrogen-bond donors (Lipinski definition) is 2. The monoisotopic (exact) mass is 183 g/mol. The Morgan fingerprint density at radius 2 is 2.15 bits per heavy atom. The Labute approximate surface area is 80.7 Å². The molecule has 0 radical (unpaired) electrons. The standard InChI is InChI=1S/C11H21NO/c1-9-3-2-6-11(13,7-9)8-12-10-4-5-10/h9-10,12-13H,2-8H2,1H3. The third-order valence-electron chi connectivity index (χ3n) is 3.36. The molecule has 2 saturated carbocycles. The van der Waals surface area contributed by atoms with E-state index in [1.165, 1.54) is 25.7 Å². The predicted octanol–water partition coefficient (Wildman–Crippen LogP) is 1.68. The molecule has 2 fully saturated rings. The Hall–Kier alpha value is -0.0800. The minimum absolute atomic E-state index is 0.389. The summed E-state index contributed by atoms with van der Waals surface area (Å²) >= 11 is 0. The molecular formula is C11H21NO. The Morgan fingerprint density at radius 3 is 2.77 bits per heavy atom. The van der Waals surface area contributed by atoms with Gasteiger partial charge in [-0.3, -0.25) is 0 Å². The van der Waals surface area contributed by atoms with Crippen LogP contribution in [0.4, 0.5) is 0 Å². The molecule has 2 aliphatic carbocycles. The van der Waals surface area contributed by atoms with Gasteiger partial charge in [0.2, 0.25) is 0 Å². The lowest BCUT2D eigenvalue weighted by atomic mass is 9.79. The van der Waals surface area contributed by atoms with E-state index in [0.717, 1.165) is 25.4 Å². The highest BCUT2D eigenvalue weighted by Crippen LogP contribution is 2.32. The maximum absolute atomic E-state index is 10.3. The van der Waals surface area contributed by atoms with Crippen LogP contribution in [0.1, 0.15) is 45.4 Å². The van der Waals surface area contributed by atoms with Crippen LogP contribution >= 0.6 is 0 Å². The first-order chi connectivity index (χ1) is 6.18. The van der Waals surface area contributed by atoms with Gasteiger partial charge in [-0.15, -0.1) is 0 Å². The first kappa shape index (κ1) is 9.47. The number of hydrogen-bond acceptors (Lipinski definition) is 2. The van der Waals surface area contributed by atoms with E-state index in [-0.39, 0.29) is 5.60 Å². The van der Waals surface area contributed by atoms with Gasteiger partial charge in [0.25, 0.3) is 0 Å². The second kappa shape index (κ2) is 3.58. The fourth-order valence-electron chi connectivity index (χ4n) is 2.41. The van der Waals surface area contributed by atoms with Gasteiger partial charge in [-0.25, -0.2) is 0 Å². The summed E-state index contributed by atoms with van der Waals surface area (Å²) in [6.45, 7) is 3.07. The average molecular weight is 183 g/mol. The van der Waals surface area contributed by atoms with Crippen molar-refractivity contribution in [2.45, 2.75) is 57.1 Å². The lowest BCUT2D eigenvalue weighted by Crippen LogP contribution is -2.44. The molecule has 0 saturated heterocycles. The van der Waals surface area contributed by atoms with Gasteiger partial charge >= 0.3 is 0 Å². The number of nitrogens with one attached hydrogen (secondary N) is 1. The molecule has 0 amide bonds. The summed E-state index contributed by atoms with van der Waals surface area (Å²) in [5.74, 6) is 0.708. The zero-order valence-corrected chi connectivity index (χ0v) is 8.55. The first-order valence-electron chi connectivity index (χ1n) is 5.64. The Kier molecular flexibility index (Phi) is 2.61. The highest BCUT2D eigenvalue weighted by Gasteiger charge is 2.34. The summed E-state index contributed by atoms with van der Waals surface area (Å²) in [4.78, 5) is 0. The van der Waals surface area contributed by atoms with Crippen molar-refractivity contribution >= 4 is 0 Å². The van der Waals surface area contributed by atoms with Crippen LogP contribution in [-0.4, -0.2) is 23.3 Å². The van der Waals surface area contributed by atoms with Gasteiger partial charge in [-0.2, -0.15) is 0 Å². The van der Waals surface area contributed by atoms with Crippen LogP contribution in [-0.2, 0) is 0 Å². The summed E-state index contributed by atoms with van der Waals surface area (Å²) in [5, 5.41) is 13.7. The molecule has 0 spiro atoms. The van der Waals surface area contributed by atoms with Crippen molar-refractivity contribution in [3.05, 3.63) is 0 Å². The van der Waals surface area contributed by atoms with E-state index in [1.54, 1.807) is 0 Å². The van der Waals surface area contributed by atoms with Crippen LogP contribution < -0.4 is 5.32 Å². The molecule has 0 aromatic carbocycles. The molecule has 0 aromatic heterocycles. The molecule has 2 unspecified atom stereocenters. The average Bonchev–Trinajstić information content (AvgIpc) is 2.83. The molecule has 0 bridgehead atoms. The second-order valence-electron chi connectivity index (χ2n) is 5.08. The van der Waals surface area contributed by atoms with Gasteiger partial charge in [0, 0.05) is 12.6 Å². The van der Waals surface area contributed by atoms with E-state index < -0.39 is 0 Å². The minimum atomic E-state index is -0.389. The number of aliphatic hydroxyl groups is 1. The molecule has 2 rings (SSSR count). The largest absolute Gasteiger partial charge is 0.389 e. The van der Waals surface area contributed by atoms with Gasteiger partial charge < -0.3 is 10.4 Å². The van der Waals surface area contributed by atoms with Crippen molar-refractivity contribution in [1.82, 2.24) is 5.32 Å². The van der Waals surface area contributed by atoms with Crippen LogP contribution in [0.25, 0.3) is 0 Å². The predicted molar refractivity (Wildman–Crippen MR) is 53.6 cm³/mol. The van der Waals surface area contributed by atoms with Crippen molar-refractivity contribution < 1.29 is 5.11 Å². The molecule has 2 N–H and O–H groups in total. The molecular weight excluding hydrogens is 162 g/mol. The van der Waals surface area contributed by atoms with E-state index in [9.17, 15) is 5.11 Å². The number of rotatable bonds is 3. The Balaban J connectivity index is 1.78. The lowest BCUT2D eigenvalue weighted by Gasteiger charge is -2.35. The summed E-state index contributed by atoms with van der Waals surface area (Å²) in [5.41, 5.74) is -0.389. The molecule has 76 valence electrons. The lowest BCUT2D eigenvalue weighted by molar-refractivity contribution is -0.0119. The summed E-state index contributed by atoms with van der Waals surface area (Å²) < 4.78 is 0. The van der Waals surface area contributed by atoms with Crippen molar-refractivity contribution in [2.75, 3.05) is 6.54 Å². The highest BCUT2D eigenvalue weighted by molar-refractivity contribution is 4.90. The van der Waals surface area contributed by atoms with E-state index in [4.69, 9.17) is 0 Å². The van der Waals surface area contributed by atoms with Crippen molar-refractivity contribution in [3.63, 3.8) is 0 Å². The maximum Gasteiger partial charge on any atom is 0.0774 e. The zero-order chi connectivity index (χ0) is 9.31. The SMILES string of the molecule is CC1CCCC(O)(CNC2CC2)C1. The summed E-state index contributed by atoms with van der Waals surface area (Å²) in [6.07, 6.45) is 7.11. The summed E-state index contributed by atoms with van der Waals surface area (Å²) in [7, 11) is 0. The second-order valence-corrected chi connectivity index (χ2v) is 5.08. The molecule has 0 aromatic rings. The van der Waals surface area contributed by atoms with Gasteiger partial charge in [0.1, 0.15) is 0 Å². The van der Waals surface area contributed by atoms with E-state index >= 15 is 0 Å². The molecule has 13 heavy (non-hydrogen) atoms. The van der Waals surface area contributed by atoms with Crippen LogP contribution in [0, 0.1) is 5.92 Å². The minimum Gasteiger partial charge on any atom is -0.389 e. The summed E-state index contributed by atoms with van der Waals surface area (Å²) in [6, 6.07) is 0.723. The normalized spacial score (nSPS) is 40.6. The van der Waals surface area contributed by atoms with Crippen molar-refractivity contribution in [2.24, 2.45) is 5.92 Å². The van der Waals surface area contributed by atoms with Gasteiger partial charge in [0.05, 0.1) is 5.60 Å². The van der Waals surface area contributed by atoms with E-state index in [2.05, 4.69) is 12.2 Å². The van der Waals surface area contributed by atoms with Crippen LogP contribution in [0.15, 0.2) is 0 Å². The van der Waals surface area contributed by atoms with Gasteiger partial charge in [-0.1, -0.05) is 19.8 Å².